The molecule has 1 amide bonds. The van der Waals surface area contributed by atoms with Crippen LogP contribution in [0.2, 0.25) is 0 Å². The second kappa shape index (κ2) is 10.2. The predicted molar refractivity (Wildman–Crippen MR) is 104 cm³/mol. The lowest BCUT2D eigenvalue weighted by Gasteiger charge is -2.07. The molecule has 0 bridgehead atoms. The molecular formula is C19H18N4O7. The Balaban J connectivity index is 1.89. The summed E-state index contributed by atoms with van der Waals surface area (Å²) in [5.41, 5.74) is 11.4. The van der Waals surface area contributed by atoms with Gasteiger partial charge in [-0.1, -0.05) is 0 Å². The predicted octanol–water partition coefficient (Wildman–Crippen LogP) is 0.168. The van der Waals surface area contributed by atoms with Gasteiger partial charge in [-0.15, -0.1) is 0 Å². The fourth-order valence-electron chi connectivity index (χ4n) is 2.09. The maximum absolute atomic E-state index is 12.2. The molecule has 0 aliphatic carbocycles. The van der Waals surface area contributed by atoms with Gasteiger partial charge in [-0.2, -0.15) is 0 Å². The van der Waals surface area contributed by atoms with E-state index in [1.54, 1.807) is 12.1 Å². The molecule has 11 heteroatoms. The minimum absolute atomic E-state index is 0.107. The maximum atomic E-state index is 12.2. The van der Waals surface area contributed by atoms with Crippen molar-refractivity contribution in [1.29, 1.82) is 0 Å². The Morgan fingerprint density at radius 2 is 1.47 bits per heavy atom. The Hall–Kier alpha value is -4.41. The highest BCUT2D eigenvalue weighted by atomic mass is 16.5. The van der Waals surface area contributed by atoms with Crippen LogP contribution in [0.4, 0.5) is 5.69 Å². The number of guanidine groups is 1. The highest BCUT2D eigenvalue weighted by Gasteiger charge is 2.13. The second-order valence-electron chi connectivity index (χ2n) is 5.74. The number of carboxylic acids is 1. The van der Waals surface area contributed by atoms with Gasteiger partial charge in [-0.05, 0) is 48.5 Å². The molecule has 0 unspecified atom stereocenters. The molecule has 0 aromatic heterocycles. The fourth-order valence-corrected chi connectivity index (χ4v) is 2.09. The number of nitrogens with two attached hydrogens (primary N) is 2. The number of aliphatic imine (C=N–C) groups is 1. The van der Waals surface area contributed by atoms with E-state index in [0.29, 0.717) is 5.69 Å². The molecule has 0 spiro atoms. The van der Waals surface area contributed by atoms with Gasteiger partial charge < -0.3 is 31.4 Å². The summed E-state index contributed by atoms with van der Waals surface area (Å²) < 4.78 is 9.98. The standard InChI is InChI=1S/C19H18N4O7/c20-19(21)23-13-5-1-12(2-6-13)18(28)30-14-7-3-11(4-8-14)17(27)29-10-15(24)22-9-16(25)26/h1-8H,9-10H2,(H,22,24)(H,25,26)(H4,20,21,23). The Kier molecular flexibility index (Phi) is 7.46. The van der Waals surface area contributed by atoms with Crippen molar-refractivity contribution >= 4 is 35.5 Å². The monoisotopic (exact) mass is 414 g/mol. The fraction of sp³-hybridized carbons (Fsp3) is 0.105. The van der Waals surface area contributed by atoms with E-state index >= 15 is 0 Å². The van der Waals surface area contributed by atoms with Gasteiger partial charge in [0.2, 0.25) is 0 Å². The summed E-state index contributed by atoms with van der Waals surface area (Å²) >= 11 is 0. The molecule has 11 nitrogen and oxygen atoms in total. The topological polar surface area (TPSA) is 183 Å². The number of esters is 2. The molecule has 0 heterocycles. The number of amides is 1. The first-order valence-corrected chi connectivity index (χ1v) is 8.42. The van der Waals surface area contributed by atoms with Crippen molar-refractivity contribution in [3.63, 3.8) is 0 Å². The van der Waals surface area contributed by atoms with E-state index in [-0.39, 0.29) is 22.8 Å². The van der Waals surface area contributed by atoms with Crippen LogP contribution in [-0.4, -0.2) is 48.0 Å². The third-order valence-electron chi connectivity index (χ3n) is 3.43. The van der Waals surface area contributed by atoms with E-state index in [1.165, 1.54) is 36.4 Å². The van der Waals surface area contributed by atoms with Crippen LogP contribution in [0.5, 0.6) is 5.75 Å². The van der Waals surface area contributed by atoms with E-state index in [1.807, 2.05) is 0 Å². The van der Waals surface area contributed by atoms with Crippen LogP contribution in [0.25, 0.3) is 0 Å². The van der Waals surface area contributed by atoms with Gasteiger partial charge in [0.15, 0.2) is 12.6 Å². The lowest BCUT2D eigenvalue weighted by Crippen LogP contribution is -2.33. The summed E-state index contributed by atoms with van der Waals surface area (Å²) in [6.07, 6.45) is 0. The molecule has 6 N–H and O–H groups in total. The van der Waals surface area contributed by atoms with Crippen molar-refractivity contribution in [1.82, 2.24) is 5.32 Å². The van der Waals surface area contributed by atoms with Crippen molar-refractivity contribution in [3.8, 4) is 5.75 Å². The Bertz CT molecular complexity index is 965. The molecule has 0 fully saturated rings. The molecule has 0 saturated heterocycles. The van der Waals surface area contributed by atoms with Gasteiger partial charge in [-0.25, -0.2) is 14.6 Å². The molecule has 30 heavy (non-hydrogen) atoms. The summed E-state index contributed by atoms with van der Waals surface area (Å²) in [7, 11) is 0. The number of aliphatic carboxylic acids is 1. The van der Waals surface area contributed by atoms with Crippen LogP contribution in [0, 0.1) is 0 Å². The van der Waals surface area contributed by atoms with Gasteiger partial charge in [0.05, 0.1) is 16.8 Å². The van der Waals surface area contributed by atoms with Crippen LogP contribution in [0.15, 0.2) is 53.5 Å². The number of rotatable bonds is 8. The minimum Gasteiger partial charge on any atom is -0.480 e. The first-order chi connectivity index (χ1) is 14.2. The number of ether oxygens (including phenoxy) is 2. The zero-order chi connectivity index (χ0) is 22.1. The van der Waals surface area contributed by atoms with E-state index in [4.69, 9.17) is 26.0 Å². The lowest BCUT2D eigenvalue weighted by molar-refractivity contribution is -0.138. The zero-order valence-corrected chi connectivity index (χ0v) is 15.5. The minimum atomic E-state index is -1.22. The van der Waals surface area contributed by atoms with Crippen molar-refractivity contribution in [3.05, 3.63) is 59.7 Å². The quantitative estimate of drug-likeness (QED) is 0.202. The van der Waals surface area contributed by atoms with E-state index in [9.17, 15) is 19.2 Å². The third-order valence-corrected chi connectivity index (χ3v) is 3.43. The van der Waals surface area contributed by atoms with Crippen LogP contribution < -0.4 is 21.5 Å². The average molecular weight is 414 g/mol. The van der Waals surface area contributed by atoms with Gasteiger partial charge in [-0.3, -0.25) is 9.59 Å². The summed E-state index contributed by atoms with van der Waals surface area (Å²) in [5.74, 6) is -3.31. The Labute approximate surface area is 170 Å². The number of carboxylic acid groups (broad SMARTS) is 1. The van der Waals surface area contributed by atoms with Crippen molar-refractivity contribution in [2.45, 2.75) is 0 Å². The van der Waals surface area contributed by atoms with E-state index in [0.717, 1.165) is 0 Å². The SMILES string of the molecule is NC(N)=Nc1ccc(C(=O)Oc2ccc(C(=O)OCC(=O)NCC(=O)O)cc2)cc1. The molecule has 2 aromatic rings. The smallest absolute Gasteiger partial charge is 0.343 e. The summed E-state index contributed by atoms with van der Waals surface area (Å²) in [6.45, 7) is -1.20. The van der Waals surface area contributed by atoms with Gasteiger partial charge in [0, 0.05) is 0 Å². The van der Waals surface area contributed by atoms with Gasteiger partial charge in [0.1, 0.15) is 12.3 Å². The summed E-state index contributed by atoms with van der Waals surface area (Å²) in [4.78, 5) is 49.6. The largest absolute Gasteiger partial charge is 0.480 e. The number of nitrogens with one attached hydrogen (secondary N) is 1. The number of carbonyl (C=O) groups excluding carboxylic acids is 3. The van der Waals surface area contributed by atoms with Crippen molar-refractivity contribution < 1.29 is 33.8 Å². The molecule has 2 aromatic carbocycles. The molecule has 2 rings (SSSR count). The third kappa shape index (κ3) is 6.96. The van der Waals surface area contributed by atoms with Crippen LogP contribution in [0.1, 0.15) is 20.7 Å². The van der Waals surface area contributed by atoms with Crippen LogP contribution in [-0.2, 0) is 14.3 Å². The normalized spacial score (nSPS) is 9.87. The average Bonchev–Trinajstić information content (AvgIpc) is 2.71. The summed E-state index contributed by atoms with van der Waals surface area (Å²) in [6, 6.07) is 11.5. The number of carbonyl (C=O) groups is 4. The lowest BCUT2D eigenvalue weighted by atomic mass is 10.2. The second-order valence-corrected chi connectivity index (χ2v) is 5.74. The molecular weight excluding hydrogens is 396 g/mol. The van der Waals surface area contributed by atoms with E-state index in [2.05, 4.69) is 10.3 Å². The summed E-state index contributed by atoms with van der Waals surface area (Å²) in [5, 5.41) is 10.5. The zero-order valence-electron chi connectivity index (χ0n) is 15.5. The number of benzene rings is 2. The first-order valence-electron chi connectivity index (χ1n) is 8.42. The molecule has 156 valence electrons. The number of hydrogen-bond donors (Lipinski definition) is 4. The Morgan fingerprint density at radius 3 is 2.03 bits per heavy atom. The molecule has 0 aliphatic heterocycles. The van der Waals surface area contributed by atoms with Crippen LogP contribution >= 0.6 is 0 Å². The van der Waals surface area contributed by atoms with Crippen LogP contribution in [0.3, 0.4) is 0 Å². The number of nitrogens with zero attached hydrogens (tertiary/aromatic N) is 1. The Morgan fingerprint density at radius 1 is 0.900 bits per heavy atom. The molecule has 0 atom stereocenters. The van der Waals surface area contributed by atoms with Crippen molar-refractivity contribution in [2.24, 2.45) is 16.5 Å². The van der Waals surface area contributed by atoms with Gasteiger partial charge >= 0.3 is 17.9 Å². The highest BCUT2D eigenvalue weighted by molar-refractivity contribution is 5.93. The molecule has 0 radical (unpaired) electrons. The maximum Gasteiger partial charge on any atom is 0.343 e. The number of hydrogen-bond acceptors (Lipinski definition) is 7. The highest BCUT2D eigenvalue weighted by Crippen LogP contribution is 2.17. The molecule has 0 aliphatic rings. The van der Waals surface area contributed by atoms with Crippen molar-refractivity contribution in [2.75, 3.05) is 13.2 Å². The van der Waals surface area contributed by atoms with Gasteiger partial charge in [0.25, 0.3) is 5.91 Å². The van der Waals surface area contributed by atoms with E-state index < -0.39 is 37.0 Å². The first kappa shape index (κ1) is 21.9. The molecule has 0 saturated carbocycles.